The Bertz CT molecular complexity index is 557. The average molecular weight is 265 g/mol. The van der Waals surface area contributed by atoms with Crippen LogP contribution in [0.2, 0.25) is 5.02 Å². The van der Waals surface area contributed by atoms with Gasteiger partial charge in [-0.1, -0.05) is 23.7 Å². The molecule has 0 spiro atoms. The number of Topliss-reactive ketones (excluding diaryl/α,β-unsaturated/α-hetero) is 1. The summed E-state index contributed by atoms with van der Waals surface area (Å²) in [6.07, 6.45) is 0.414. The van der Waals surface area contributed by atoms with E-state index in [9.17, 15) is 4.79 Å². The van der Waals surface area contributed by atoms with Crippen molar-refractivity contribution in [2.75, 3.05) is 0 Å². The molecule has 17 heavy (non-hydrogen) atoms. The normalized spacial score (nSPS) is 10.5. The Morgan fingerprint density at radius 1 is 1.29 bits per heavy atom. The molecule has 1 aromatic heterocycles. The minimum atomic E-state index is 0.161. The summed E-state index contributed by atoms with van der Waals surface area (Å²) in [4.78, 5) is 14.4. The van der Waals surface area contributed by atoms with Crippen molar-refractivity contribution < 1.29 is 4.79 Å². The molecular formula is C14H13ClOS. The van der Waals surface area contributed by atoms with E-state index in [4.69, 9.17) is 11.6 Å². The Kier molecular flexibility index (Phi) is 3.65. The molecule has 0 aliphatic heterocycles. The summed E-state index contributed by atoms with van der Waals surface area (Å²) in [5.41, 5.74) is 1.80. The van der Waals surface area contributed by atoms with Crippen molar-refractivity contribution in [1.29, 1.82) is 0 Å². The number of aryl methyl sites for hydroxylation is 2. The van der Waals surface area contributed by atoms with Crippen LogP contribution >= 0.6 is 22.9 Å². The van der Waals surface area contributed by atoms with Gasteiger partial charge in [-0.15, -0.1) is 11.3 Å². The zero-order chi connectivity index (χ0) is 12.4. The zero-order valence-electron chi connectivity index (χ0n) is 9.79. The summed E-state index contributed by atoms with van der Waals surface area (Å²) in [6, 6.07) is 9.42. The molecule has 0 saturated carbocycles. The fraction of sp³-hybridized carbons (Fsp3) is 0.214. The van der Waals surface area contributed by atoms with Crippen molar-refractivity contribution in [2.45, 2.75) is 20.3 Å². The van der Waals surface area contributed by atoms with Crippen LogP contribution in [0, 0.1) is 13.8 Å². The Hall–Kier alpha value is -1.12. The molecule has 2 aromatic rings. The topological polar surface area (TPSA) is 17.1 Å². The third-order valence-corrected chi connectivity index (χ3v) is 3.80. The van der Waals surface area contributed by atoms with Gasteiger partial charge >= 0.3 is 0 Å². The number of benzene rings is 1. The molecule has 1 aromatic carbocycles. The monoisotopic (exact) mass is 264 g/mol. The predicted octanol–water partition coefficient (Wildman–Crippen LogP) is 4.44. The fourth-order valence-electron chi connectivity index (χ4n) is 1.84. The lowest BCUT2D eigenvalue weighted by Crippen LogP contribution is -2.03. The van der Waals surface area contributed by atoms with E-state index >= 15 is 0 Å². The van der Waals surface area contributed by atoms with Crippen molar-refractivity contribution in [3.8, 4) is 0 Å². The van der Waals surface area contributed by atoms with E-state index in [1.807, 2.05) is 44.2 Å². The Morgan fingerprint density at radius 2 is 2.06 bits per heavy atom. The van der Waals surface area contributed by atoms with Gasteiger partial charge in [-0.3, -0.25) is 4.79 Å². The number of halogens is 1. The smallest absolute Gasteiger partial charge is 0.168 e. The van der Waals surface area contributed by atoms with Crippen LogP contribution in [0.1, 0.15) is 25.7 Å². The maximum atomic E-state index is 12.1. The number of rotatable bonds is 3. The first-order valence-electron chi connectivity index (χ1n) is 5.41. The van der Waals surface area contributed by atoms with Crippen LogP contribution in [0.4, 0.5) is 0 Å². The number of hydrogen-bond donors (Lipinski definition) is 0. The Morgan fingerprint density at radius 3 is 2.65 bits per heavy atom. The van der Waals surface area contributed by atoms with Gasteiger partial charge in [0.25, 0.3) is 0 Å². The number of carbonyl (C=O) groups excluding carboxylic acids is 1. The van der Waals surface area contributed by atoms with Gasteiger partial charge in [-0.25, -0.2) is 0 Å². The fourth-order valence-corrected chi connectivity index (χ4v) is 2.99. The van der Waals surface area contributed by atoms with Crippen molar-refractivity contribution >= 4 is 28.7 Å². The van der Waals surface area contributed by atoms with E-state index in [2.05, 4.69) is 0 Å². The third-order valence-electron chi connectivity index (χ3n) is 2.60. The molecule has 3 heteroatoms. The SMILES string of the molecule is Cc1cc(C(=O)Cc2cccc(Cl)c2)c(C)s1. The second kappa shape index (κ2) is 5.03. The molecule has 0 saturated heterocycles. The summed E-state index contributed by atoms with van der Waals surface area (Å²) in [5, 5.41) is 0.675. The molecule has 0 atom stereocenters. The minimum absolute atomic E-state index is 0.161. The second-order valence-electron chi connectivity index (χ2n) is 4.06. The van der Waals surface area contributed by atoms with Crippen LogP contribution in [0.3, 0.4) is 0 Å². The zero-order valence-corrected chi connectivity index (χ0v) is 11.4. The lowest BCUT2D eigenvalue weighted by atomic mass is 10.0. The highest BCUT2D eigenvalue weighted by atomic mass is 35.5. The van der Waals surface area contributed by atoms with E-state index in [0.717, 1.165) is 16.0 Å². The van der Waals surface area contributed by atoms with Crippen molar-refractivity contribution in [3.63, 3.8) is 0 Å². The molecule has 0 fully saturated rings. The largest absolute Gasteiger partial charge is 0.294 e. The Labute approximate surface area is 110 Å². The van der Waals surface area contributed by atoms with Gasteiger partial charge in [0.1, 0.15) is 0 Å². The second-order valence-corrected chi connectivity index (χ2v) is 5.95. The third kappa shape index (κ3) is 2.96. The molecule has 0 N–H and O–H groups in total. The Balaban J connectivity index is 2.20. The molecular weight excluding hydrogens is 252 g/mol. The van der Waals surface area contributed by atoms with E-state index in [1.54, 1.807) is 11.3 Å². The maximum absolute atomic E-state index is 12.1. The van der Waals surface area contributed by atoms with Crippen LogP contribution in [0.5, 0.6) is 0 Å². The van der Waals surface area contributed by atoms with E-state index in [0.29, 0.717) is 11.4 Å². The summed E-state index contributed by atoms with van der Waals surface area (Å²) in [6.45, 7) is 4.01. The van der Waals surface area contributed by atoms with Gasteiger partial charge in [0.2, 0.25) is 0 Å². The molecule has 0 unspecified atom stereocenters. The van der Waals surface area contributed by atoms with Crippen molar-refractivity contribution in [2.24, 2.45) is 0 Å². The molecule has 0 aliphatic carbocycles. The van der Waals surface area contributed by atoms with Gasteiger partial charge < -0.3 is 0 Å². The molecule has 1 heterocycles. The van der Waals surface area contributed by atoms with E-state index in [1.165, 1.54) is 4.88 Å². The lowest BCUT2D eigenvalue weighted by molar-refractivity contribution is 0.0993. The number of hydrogen-bond acceptors (Lipinski definition) is 2. The molecule has 2 rings (SSSR count). The number of ketones is 1. The first-order valence-corrected chi connectivity index (χ1v) is 6.60. The molecule has 1 nitrogen and oxygen atoms in total. The van der Waals surface area contributed by atoms with Crippen LogP contribution < -0.4 is 0 Å². The van der Waals surface area contributed by atoms with Crippen LogP contribution in [0.25, 0.3) is 0 Å². The summed E-state index contributed by atoms with van der Waals surface area (Å²) < 4.78 is 0. The van der Waals surface area contributed by atoms with Crippen molar-refractivity contribution in [3.05, 3.63) is 56.2 Å². The summed E-state index contributed by atoms with van der Waals surface area (Å²) >= 11 is 7.56. The number of thiophene rings is 1. The highest BCUT2D eigenvalue weighted by Gasteiger charge is 2.12. The van der Waals surface area contributed by atoms with Gasteiger partial charge in [-0.2, -0.15) is 0 Å². The predicted molar refractivity (Wildman–Crippen MR) is 73.3 cm³/mol. The highest BCUT2D eigenvalue weighted by Crippen LogP contribution is 2.22. The van der Waals surface area contributed by atoms with Gasteiger partial charge in [0.15, 0.2) is 5.78 Å². The molecule has 0 radical (unpaired) electrons. The first-order chi connectivity index (χ1) is 8.06. The van der Waals surface area contributed by atoms with Gasteiger partial charge in [0, 0.05) is 26.8 Å². The van der Waals surface area contributed by atoms with Crippen LogP contribution in [0.15, 0.2) is 30.3 Å². The minimum Gasteiger partial charge on any atom is -0.294 e. The molecule has 0 aliphatic rings. The maximum Gasteiger partial charge on any atom is 0.168 e. The van der Waals surface area contributed by atoms with Gasteiger partial charge in [0.05, 0.1) is 0 Å². The molecule has 0 amide bonds. The van der Waals surface area contributed by atoms with Gasteiger partial charge in [-0.05, 0) is 37.6 Å². The van der Waals surface area contributed by atoms with E-state index < -0.39 is 0 Å². The number of carbonyl (C=O) groups is 1. The summed E-state index contributed by atoms with van der Waals surface area (Å²) in [5.74, 6) is 0.161. The van der Waals surface area contributed by atoms with E-state index in [-0.39, 0.29) is 5.78 Å². The lowest BCUT2D eigenvalue weighted by Gasteiger charge is -2.01. The van der Waals surface area contributed by atoms with Crippen LogP contribution in [-0.2, 0) is 6.42 Å². The molecule has 0 bridgehead atoms. The molecule has 88 valence electrons. The van der Waals surface area contributed by atoms with Crippen LogP contribution in [-0.4, -0.2) is 5.78 Å². The first kappa shape index (κ1) is 12.3. The average Bonchev–Trinajstić information content (AvgIpc) is 2.58. The van der Waals surface area contributed by atoms with Crippen molar-refractivity contribution in [1.82, 2.24) is 0 Å². The highest BCUT2D eigenvalue weighted by molar-refractivity contribution is 7.12. The quantitative estimate of drug-likeness (QED) is 0.749. The standard InChI is InChI=1S/C14H13ClOS/c1-9-6-13(10(2)17-9)14(16)8-11-4-3-5-12(15)7-11/h3-7H,8H2,1-2H3. The summed E-state index contributed by atoms with van der Waals surface area (Å²) in [7, 11) is 0.